The fourth-order valence-electron chi connectivity index (χ4n) is 4.40. The first kappa shape index (κ1) is 30.5. The van der Waals surface area contributed by atoms with Gasteiger partial charge in [-0.3, -0.25) is 13.9 Å². The first-order chi connectivity index (χ1) is 18.4. The Balaban J connectivity index is 2.13. The monoisotopic (exact) mass is 589 g/mol. The minimum atomic E-state index is -4.15. The van der Waals surface area contributed by atoms with Crippen LogP contribution in [0.5, 0.6) is 0 Å². The number of nitrogens with zero attached hydrogens (tertiary/aromatic N) is 2. The average Bonchev–Trinajstić information content (AvgIpc) is 2.88. The van der Waals surface area contributed by atoms with Crippen LogP contribution in [0.3, 0.4) is 0 Å². The molecule has 0 aliphatic carbocycles. The van der Waals surface area contributed by atoms with Crippen molar-refractivity contribution in [1.82, 2.24) is 10.2 Å². The van der Waals surface area contributed by atoms with Gasteiger partial charge in [0.1, 0.15) is 12.6 Å². The number of carbonyl (C=O) groups is 2. The summed E-state index contributed by atoms with van der Waals surface area (Å²) < 4.78 is 29.0. The summed E-state index contributed by atoms with van der Waals surface area (Å²) in [4.78, 5) is 28.3. The second kappa shape index (κ2) is 12.9. The van der Waals surface area contributed by atoms with Crippen LogP contribution in [0.4, 0.5) is 5.69 Å². The van der Waals surface area contributed by atoms with E-state index in [9.17, 15) is 18.0 Å². The Morgan fingerprint density at radius 2 is 1.46 bits per heavy atom. The fourth-order valence-corrected chi connectivity index (χ4v) is 6.32. The molecule has 2 amide bonds. The first-order valence-electron chi connectivity index (χ1n) is 12.5. The van der Waals surface area contributed by atoms with Crippen LogP contribution < -0.4 is 9.62 Å². The van der Waals surface area contributed by atoms with Crippen LogP contribution in [0.25, 0.3) is 0 Å². The van der Waals surface area contributed by atoms with E-state index in [0.717, 1.165) is 21.0 Å². The van der Waals surface area contributed by atoms with E-state index < -0.39 is 28.5 Å². The lowest BCUT2D eigenvalue weighted by atomic mass is 10.1. The Kier molecular flexibility index (Phi) is 10.0. The van der Waals surface area contributed by atoms with Crippen molar-refractivity contribution in [1.29, 1.82) is 0 Å². The maximum absolute atomic E-state index is 14.0. The number of hydrogen-bond donors (Lipinski definition) is 1. The Labute approximate surface area is 240 Å². The molecule has 0 aliphatic rings. The molecule has 1 atom stereocenters. The standard InChI is InChI=1S/C29H33Cl2N3O4S/c1-6-27(29(36)32-5)33(17-24-25(30)8-7-9-26(24)31)28(35)18-34(22-15-20(3)14-21(4)16-22)39(37,38)23-12-10-19(2)11-13-23/h7-16,27H,6,17-18H2,1-5H3,(H,32,36)/t27-/m0/s1. The highest BCUT2D eigenvalue weighted by atomic mass is 35.5. The molecule has 7 nitrogen and oxygen atoms in total. The molecule has 0 aliphatic heterocycles. The van der Waals surface area contributed by atoms with Crippen molar-refractivity contribution in [2.24, 2.45) is 0 Å². The van der Waals surface area contributed by atoms with Gasteiger partial charge in [0.05, 0.1) is 10.6 Å². The Morgan fingerprint density at radius 1 is 0.897 bits per heavy atom. The molecule has 39 heavy (non-hydrogen) atoms. The number of hydrogen-bond acceptors (Lipinski definition) is 4. The van der Waals surface area contributed by atoms with Crippen molar-refractivity contribution in [2.75, 3.05) is 17.9 Å². The lowest BCUT2D eigenvalue weighted by Crippen LogP contribution is -2.51. The highest BCUT2D eigenvalue weighted by molar-refractivity contribution is 7.92. The van der Waals surface area contributed by atoms with Gasteiger partial charge in [-0.05, 0) is 74.7 Å². The van der Waals surface area contributed by atoms with Gasteiger partial charge in [0.2, 0.25) is 11.8 Å². The second-order valence-corrected chi connectivity index (χ2v) is 12.1. The van der Waals surface area contributed by atoms with E-state index in [4.69, 9.17) is 23.2 Å². The number of likely N-dealkylation sites (N-methyl/N-ethyl adjacent to an activating group) is 1. The number of sulfonamides is 1. The molecule has 0 spiro atoms. The van der Waals surface area contributed by atoms with E-state index in [0.29, 0.717) is 27.7 Å². The zero-order valence-electron chi connectivity index (χ0n) is 22.7. The molecule has 3 rings (SSSR count). The van der Waals surface area contributed by atoms with E-state index in [1.807, 2.05) is 26.8 Å². The number of benzene rings is 3. The zero-order valence-corrected chi connectivity index (χ0v) is 25.0. The largest absolute Gasteiger partial charge is 0.357 e. The van der Waals surface area contributed by atoms with E-state index in [-0.39, 0.29) is 17.3 Å². The average molecular weight is 591 g/mol. The Hall–Kier alpha value is -3.07. The molecule has 3 aromatic carbocycles. The molecule has 0 unspecified atom stereocenters. The quantitative estimate of drug-likeness (QED) is 0.330. The normalized spacial score (nSPS) is 12.1. The molecule has 208 valence electrons. The van der Waals surface area contributed by atoms with Crippen molar-refractivity contribution >= 4 is 50.7 Å². The predicted octanol–water partition coefficient (Wildman–Crippen LogP) is 5.67. The summed E-state index contributed by atoms with van der Waals surface area (Å²) in [5, 5.41) is 3.27. The van der Waals surface area contributed by atoms with E-state index >= 15 is 0 Å². The molecule has 10 heteroatoms. The molecule has 1 N–H and O–H groups in total. The summed E-state index contributed by atoms with van der Waals surface area (Å²) in [5.74, 6) is -0.954. The first-order valence-corrected chi connectivity index (χ1v) is 14.7. The molecule has 0 aromatic heterocycles. The number of nitrogens with one attached hydrogen (secondary N) is 1. The fraction of sp³-hybridized carbons (Fsp3) is 0.310. The lowest BCUT2D eigenvalue weighted by Gasteiger charge is -2.33. The number of anilines is 1. The van der Waals surface area contributed by atoms with Gasteiger partial charge in [-0.1, -0.05) is 60.0 Å². The van der Waals surface area contributed by atoms with Gasteiger partial charge >= 0.3 is 0 Å². The molecule has 0 saturated heterocycles. The smallest absolute Gasteiger partial charge is 0.264 e. The summed E-state index contributed by atoms with van der Waals surface area (Å²) >= 11 is 12.8. The molecule has 0 fully saturated rings. The van der Waals surface area contributed by atoms with Crippen molar-refractivity contribution in [3.63, 3.8) is 0 Å². The summed E-state index contributed by atoms with van der Waals surface area (Å²) in [6.45, 7) is 6.75. The van der Waals surface area contributed by atoms with Gasteiger partial charge in [-0.15, -0.1) is 0 Å². The van der Waals surface area contributed by atoms with Crippen LogP contribution in [0.2, 0.25) is 10.0 Å². The summed E-state index contributed by atoms with van der Waals surface area (Å²) in [7, 11) is -2.66. The number of halogens is 2. The van der Waals surface area contributed by atoms with Crippen LogP contribution in [0, 0.1) is 20.8 Å². The van der Waals surface area contributed by atoms with Gasteiger partial charge in [0.25, 0.3) is 10.0 Å². The third-order valence-electron chi connectivity index (χ3n) is 6.40. The van der Waals surface area contributed by atoms with Crippen molar-refractivity contribution < 1.29 is 18.0 Å². The molecular weight excluding hydrogens is 557 g/mol. The van der Waals surface area contributed by atoms with Gasteiger partial charge in [-0.25, -0.2) is 8.42 Å². The maximum Gasteiger partial charge on any atom is 0.264 e. The highest BCUT2D eigenvalue weighted by Gasteiger charge is 2.34. The van der Waals surface area contributed by atoms with E-state index in [1.165, 1.54) is 24.1 Å². The second-order valence-electron chi connectivity index (χ2n) is 9.43. The van der Waals surface area contributed by atoms with Gasteiger partial charge in [0, 0.05) is 29.2 Å². The van der Waals surface area contributed by atoms with Crippen LogP contribution in [0.1, 0.15) is 35.6 Å². The number of aryl methyl sites for hydroxylation is 3. The number of amides is 2. The maximum atomic E-state index is 14.0. The molecule has 0 radical (unpaired) electrons. The SMILES string of the molecule is CC[C@@H](C(=O)NC)N(Cc1c(Cl)cccc1Cl)C(=O)CN(c1cc(C)cc(C)c1)S(=O)(=O)c1ccc(C)cc1. The Bertz CT molecular complexity index is 1420. The minimum Gasteiger partial charge on any atom is -0.357 e. The third kappa shape index (κ3) is 7.12. The number of carbonyl (C=O) groups excluding carboxylic acids is 2. The van der Waals surface area contributed by atoms with Gasteiger partial charge < -0.3 is 10.2 Å². The lowest BCUT2D eigenvalue weighted by molar-refractivity contribution is -0.140. The third-order valence-corrected chi connectivity index (χ3v) is 8.90. The molecule has 3 aromatic rings. The van der Waals surface area contributed by atoms with Crippen LogP contribution >= 0.6 is 23.2 Å². The molecule has 0 bridgehead atoms. The number of rotatable bonds is 10. The van der Waals surface area contributed by atoms with Crippen LogP contribution in [-0.4, -0.2) is 44.8 Å². The van der Waals surface area contributed by atoms with E-state index in [1.54, 1.807) is 49.4 Å². The summed E-state index contributed by atoms with van der Waals surface area (Å²) in [5.41, 5.74) is 3.42. The predicted molar refractivity (Wildman–Crippen MR) is 157 cm³/mol. The molecule has 0 saturated carbocycles. The molecule has 0 heterocycles. The van der Waals surface area contributed by atoms with Crippen LogP contribution in [0.15, 0.2) is 65.6 Å². The Morgan fingerprint density at radius 3 is 1.97 bits per heavy atom. The van der Waals surface area contributed by atoms with Crippen molar-refractivity contribution in [3.05, 3.63) is 93.0 Å². The van der Waals surface area contributed by atoms with Crippen LogP contribution in [-0.2, 0) is 26.2 Å². The van der Waals surface area contributed by atoms with E-state index in [2.05, 4.69) is 5.32 Å². The minimum absolute atomic E-state index is 0.0547. The summed E-state index contributed by atoms with van der Waals surface area (Å²) in [6, 6.07) is 15.9. The van der Waals surface area contributed by atoms with Crippen molar-refractivity contribution in [2.45, 2.75) is 51.6 Å². The topological polar surface area (TPSA) is 86.8 Å². The van der Waals surface area contributed by atoms with Gasteiger partial charge in [-0.2, -0.15) is 0 Å². The van der Waals surface area contributed by atoms with Gasteiger partial charge in [0.15, 0.2) is 0 Å². The highest BCUT2D eigenvalue weighted by Crippen LogP contribution is 2.29. The zero-order chi connectivity index (χ0) is 28.9. The summed E-state index contributed by atoms with van der Waals surface area (Å²) in [6.07, 6.45) is 0.293. The molecular formula is C29H33Cl2N3O4S. The van der Waals surface area contributed by atoms with Crippen molar-refractivity contribution in [3.8, 4) is 0 Å².